The van der Waals surface area contributed by atoms with E-state index in [0.717, 1.165) is 33.5 Å². The molecule has 3 aromatic heterocycles. The summed E-state index contributed by atoms with van der Waals surface area (Å²) in [6.45, 7) is 4.25. The normalized spacial score (nSPS) is 19.6. The van der Waals surface area contributed by atoms with Crippen LogP contribution in [0.4, 0.5) is 5.82 Å². The predicted molar refractivity (Wildman–Crippen MR) is 143 cm³/mol. The maximum Gasteiger partial charge on any atom is 0.259 e. The molecule has 0 radical (unpaired) electrons. The number of hydrogen-bond acceptors (Lipinski definition) is 7. The summed E-state index contributed by atoms with van der Waals surface area (Å²) in [4.78, 5) is 32.9. The van der Waals surface area contributed by atoms with Crippen molar-refractivity contribution in [2.24, 2.45) is 13.0 Å². The highest BCUT2D eigenvalue weighted by Gasteiger charge is 2.29. The lowest BCUT2D eigenvalue weighted by molar-refractivity contribution is -0.116. The Labute approximate surface area is 214 Å². The minimum absolute atomic E-state index is 0.0174. The lowest BCUT2D eigenvalue weighted by Gasteiger charge is -2.38. The first kappa shape index (κ1) is 25.1. The second-order valence-corrected chi connectivity index (χ2v) is 13.1. The van der Waals surface area contributed by atoms with Gasteiger partial charge >= 0.3 is 0 Å². The number of piperazine rings is 1. The van der Waals surface area contributed by atoms with Gasteiger partial charge in [0.25, 0.3) is 5.56 Å². The largest absolute Gasteiger partial charge is 0.317 e. The molecule has 11 heteroatoms. The minimum Gasteiger partial charge on any atom is -0.317 e. The van der Waals surface area contributed by atoms with Crippen LogP contribution in [0.15, 0.2) is 35.4 Å². The van der Waals surface area contributed by atoms with Crippen LogP contribution in [0.2, 0.25) is 0 Å². The Balaban J connectivity index is 1.42. The number of rotatable bonds is 7. The maximum absolute atomic E-state index is 13.0. The summed E-state index contributed by atoms with van der Waals surface area (Å²) >= 11 is 1.59. The lowest BCUT2D eigenvalue weighted by Crippen LogP contribution is -2.52. The van der Waals surface area contributed by atoms with E-state index < -0.39 is 10.0 Å². The van der Waals surface area contributed by atoms with E-state index in [1.807, 2.05) is 31.3 Å². The van der Waals surface area contributed by atoms with E-state index >= 15 is 0 Å². The second kappa shape index (κ2) is 9.70. The first-order valence-corrected chi connectivity index (χ1v) is 14.8. The molecule has 1 saturated carbocycles. The van der Waals surface area contributed by atoms with E-state index in [0.29, 0.717) is 49.7 Å². The molecule has 1 aliphatic heterocycles. The van der Waals surface area contributed by atoms with Gasteiger partial charge in [-0.3, -0.25) is 14.5 Å². The smallest absolute Gasteiger partial charge is 0.259 e. The van der Waals surface area contributed by atoms with Gasteiger partial charge in [0.1, 0.15) is 5.82 Å². The molecule has 2 aliphatic rings. The number of fused-ring (bicyclic) bond motifs is 1. The molecular weight excluding hydrogens is 498 g/mol. The highest BCUT2D eigenvalue weighted by Crippen LogP contribution is 2.35. The zero-order valence-electron chi connectivity index (χ0n) is 20.7. The number of pyridine rings is 2. The summed E-state index contributed by atoms with van der Waals surface area (Å²) in [5, 5.41) is 3.57. The van der Waals surface area contributed by atoms with Gasteiger partial charge in [0.2, 0.25) is 15.9 Å². The molecule has 36 heavy (non-hydrogen) atoms. The Morgan fingerprint density at radius 2 is 2.03 bits per heavy atom. The Morgan fingerprint density at radius 3 is 2.72 bits per heavy atom. The van der Waals surface area contributed by atoms with Crippen molar-refractivity contribution in [2.45, 2.75) is 38.8 Å². The Kier molecular flexibility index (Phi) is 6.75. The molecule has 0 spiro atoms. The zero-order chi connectivity index (χ0) is 25.6. The van der Waals surface area contributed by atoms with Crippen molar-refractivity contribution in [1.82, 2.24) is 18.8 Å². The van der Waals surface area contributed by atoms with Crippen molar-refractivity contribution in [2.75, 3.05) is 31.2 Å². The average Bonchev–Trinajstić information content (AvgIpc) is 3.52. The van der Waals surface area contributed by atoms with E-state index in [9.17, 15) is 18.0 Å². The van der Waals surface area contributed by atoms with E-state index in [4.69, 9.17) is 0 Å². The van der Waals surface area contributed by atoms with Crippen molar-refractivity contribution >= 4 is 43.2 Å². The number of carbonyl (C=O) groups excluding carboxylic acids is 1. The number of carbonyl (C=O) groups is 1. The molecule has 2 fully saturated rings. The third-order valence-electron chi connectivity index (χ3n) is 6.97. The van der Waals surface area contributed by atoms with Crippen molar-refractivity contribution in [3.63, 3.8) is 0 Å². The molecule has 1 unspecified atom stereocenters. The second-order valence-electron chi connectivity index (χ2n) is 9.98. The van der Waals surface area contributed by atoms with Gasteiger partial charge in [0.05, 0.1) is 11.6 Å². The molecule has 1 amide bonds. The molecule has 1 atom stereocenters. The third kappa shape index (κ3) is 5.39. The van der Waals surface area contributed by atoms with Crippen LogP contribution >= 0.6 is 11.3 Å². The van der Waals surface area contributed by atoms with Gasteiger partial charge in [0, 0.05) is 73.2 Å². The zero-order valence-corrected chi connectivity index (χ0v) is 22.4. The van der Waals surface area contributed by atoms with Gasteiger partial charge in [-0.15, -0.1) is 11.3 Å². The summed E-state index contributed by atoms with van der Waals surface area (Å²) in [5.74, 6) is 0.990. The molecule has 4 heterocycles. The molecule has 1 saturated heterocycles. The van der Waals surface area contributed by atoms with Crippen LogP contribution < -0.4 is 10.9 Å². The summed E-state index contributed by atoms with van der Waals surface area (Å²) < 4.78 is 27.9. The number of aromatic nitrogens is 2. The number of nitrogens with zero attached hydrogens (tertiary/aromatic N) is 4. The SMILES string of the molecule is CC1CN(S(C)(=O)=O)CCN1Cc1cc2c(=O)n(C)cc(-c3ccnc(NC(=O)CC4CC4)c3)c2s1. The predicted octanol–water partition coefficient (Wildman–Crippen LogP) is 2.87. The summed E-state index contributed by atoms with van der Waals surface area (Å²) in [6, 6.07) is 5.78. The minimum atomic E-state index is -3.20. The lowest BCUT2D eigenvalue weighted by atomic mass is 10.1. The topological polar surface area (TPSA) is 105 Å². The fourth-order valence-corrected chi connectivity index (χ4v) is 6.83. The molecule has 0 aromatic carbocycles. The molecule has 5 rings (SSSR count). The summed E-state index contributed by atoms with van der Waals surface area (Å²) in [5.41, 5.74) is 1.74. The van der Waals surface area contributed by atoms with Crippen LogP contribution in [0.25, 0.3) is 21.2 Å². The Bertz CT molecular complexity index is 1480. The standard InChI is InChI=1S/C25H31N5O4S2/c1-16-13-30(36(3,33)34)9-8-29(16)14-19-12-20-24(35-19)21(15-28(2)25(20)32)18-6-7-26-22(11-18)27-23(31)10-17-4-5-17/h6-7,11-12,15-17H,4-5,8-10,13-14H2,1-3H3,(H,26,27,31). The van der Waals surface area contributed by atoms with Gasteiger partial charge in [-0.05, 0) is 49.4 Å². The number of nitrogens with one attached hydrogen (secondary N) is 1. The number of anilines is 1. The van der Waals surface area contributed by atoms with E-state index in [1.165, 1.54) is 10.6 Å². The highest BCUT2D eigenvalue weighted by molar-refractivity contribution is 7.88. The number of hydrogen-bond donors (Lipinski definition) is 1. The molecule has 0 bridgehead atoms. The molecule has 9 nitrogen and oxygen atoms in total. The maximum atomic E-state index is 13.0. The van der Waals surface area contributed by atoms with Crippen LogP contribution in [0.5, 0.6) is 0 Å². The summed E-state index contributed by atoms with van der Waals surface area (Å²) in [7, 11) is -1.46. The quantitative estimate of drug-likeness (QED) is 0.505. The Hall–Kier alpha value is -2.60. The molecule has 3 aromatic rings. The first-order chi connectivity index (χ1) is 17.1. The number of sulfonamides is 1. The van der Waals surface area contributed by atoms with Crippen molar-refractivity contribution in [1.29, 1.82) is 0 Å². The van der Waals surface area contributed by atoms with Crippen LogP contribution in [0.1, 0.15) is 31.1 Å². The van der Waals surface area contributed by atoms with Crippen molar-refractivity contribution in [3.8, 4) is 11.1 Å². The van der Waals surface area contributed by atoms with Crippen molar-refractivity contribution in [3.05, 3.63) is 45.8 Å². The van der Waals surface area contributed by atoms with Gasteiger partial charge in [-0.25, -0.2) is 13.4 Å². The van der Waals surface area contributed by atoms with Crippen molar-refractivity contribution < 1.29 is 13.2 Å². The van der Waals surface area contributed by atoms with E-state index in [2.05, 4.69) is 15.2 Å². The molecule has 192 valence electrons. The fourth-order valence-electron chi connectivity index (χ4n) is 4.73. The molecule has 1 aliphatic carbocycles. The number of amides is 1. The van der Waals surface area contributed by atoms with Crippen LogP contribution in [0.3, 0.4) is 0 Å². The number of thiophene rings is 1. The molecule has 1 N–H and O–H groups in total. The Morgan fingerprint density at radius 1 is 1.25 bits per heavy atom. The number of aryl methyl sites for hydroxylation is 1. The monoisotopic (exact) mass is 529 g/mol. The van der Waals surface area contributed by atoms with Gasteiger partial charge in [0.15, 0.2) is 0 Å². The summed E-state index contributed by atoms with van der Waals surface area (Å²) in [6.07, 6.45) is 7.52. The van der Waals surface area contributed by atoms with Gasteiger partial charge in [-0.1, -0.05) is 0 Å². The highest BCUT2D eigenvalue weighted by atomic mass is 32.2. The third-order valence-corrected chi connectivity index (χ3v) is 9.39. The molecular formula is C25H31N5O4S2. The van der Waals surface area contributed by atoms with Gasteiger partial charge in [-0.2, -0.15) is 4.31 Å². The van der Waals surface area contributed by atoms with Crippen LogP contribution in [-0.4, -0.2) is 65.0 Å². The van der Waals surface area contributed by atoms with E-state index in [-0.39, 0.29) is 17.5 Å². The van der Waals surface area contributed by atoms with Gasteiger partial charge < -0.3 is 9.88 Å². The fraction of sp³-hybridized carbons (Fsp3) is 0.480. The van der Waals surface area contributed by atoms with E-state index in [1.54, 1.807) is 29.1 Å². The van der Waals surface area contributed by atoms with Crippen LogP contribution in [-0.2, 0) is 28.4 Å². The first-order valence-electron chi connectivity index (χ1n) is 12.2. The average molecular weight is 530 g/mol. The van der Waals surface area contributed by atoms with Crippen LogP contribution in [0, 0.1) is 5.92 Å².